The van der Waals surface area contributed by atoms with Crippen LogP contribution in [0.2, 0.25) is 0 Å². The van der Waals surface area contributed by atoms with Crippen molar-refractivity contribution in [1.82, 2.24) is 8.96 Å². The molecule has 117 heavy (non-hydrogen) atoms. The van der Waals surface area contributed by atoms with Gasteiger partial charge in [0.25, 0.3) is 0 Å². The van der Waals surface area contributed by atoms with Crippen molar-refractivity contribution in [3.63, 3.8) is 0 Å². The number of thiophene rings is 2. The largest absolute Gasteiger partial charge is 0.376 e. The minimum absolute atomic E-state index is 0.000758. The van der Waals surface area contributed by atoms with E-state index in [2.05, 4.69) is 355 Å². The van der Waals surface area contributed by atoms with Crippen molar-refractivity contribution in [2.75, 3.05) is 9.80 Å². The zero-order valence-electron chi connectivity index (χ0n) is 67.5. The molecule has 8 heterocycles. The average Bonchev–Trinajstić information content (AvgIpc) is 1.55. The smallest absolute Gasteiger partial charge is 0.333 e. The zero-order valence-corrected chi connectivity index (χ0v) is 69.1. The lowest BCUT2D eigenvalue weighted by Gasteiger charge is -2.45. The molecule has 0 atom stereocenters. The Morgan fingerprint density at radius 3 is 1.67 bits per heavy atom. The number of hydrogen-bond donors (Lipinski definition) is 0. The summed E-state index contributed by atoms with van der Waals surface area (Å²) in [6.45, 7) is 24.9. The molecule has 20 aromatic rings. The Labute approximate surface area is 688 Å². The third-order valence-corrected chi connectivity index (χ3v) is 32.6. The molecule has 3 aliphatic carbocycles. The third kappa shape index (κ3) is 8.36. The minimum atomic E-state index is -0.377. The van der Waals surface area contributed by atoms with E-state index in [0.29, 0.717) is 0 Å². The number of hydrogen-bond acceptors (Lipinski definition) is 4. The van der Waals surface area contributed by atoms with Crippen LogP contribution in [0.25, 0.3) is 166 Å². The molecule has 0 radical (unpaired) electrons. The first-order valence-electron chi connectivity index (χ1n) is 42.4. The van der Waals surface area contributed by atoms with E-state index in [-0.39, 0.29) is 40.8 Å². The number of allylic oxidation sites excluding steroid dienone is 1. The van der Waals surface area contributed by atoms with Gasteiger partial charge in [-0.05, 0) is 243 Å². The SMILES string of the molecule is CC1(C)CCC(C)(C)c2cc(N3C4=C(B5c6c3cc3ccc(-c7ccc8c(ccc9c%10cccc%11c%10n(c89)B8c9cc%10sc%12ccccc%12c%10cc9N(c9ccc%10sc%12ccccc%12c%10c9)c9c8c-%11cc8ccccc98)c7)cc3c6-c3cccc6c7c8ccccc8ccc7n5c36)C(C)(C)c3cc5c(cc34)C(C)(C)CCC5(C)C)ccc21. The normalized spacial score (nSPS) is 17.2. The Bertz CT molecular complexity index is 8160. The molecule has 27 rings (SSSR count). The summed E-state index contributed by atoms with van der Waals surface area (Å²) in [6, 6.07) is 106. The second kappa shape index (κ2) is 22.0. The number of fused-ring (bicyclic) bond motifs is 31. The molecule has 4 aromatic heterocycles. The molecule has 0 fully saturated rings. The maximum Gasteiger partial charge on any atom is 0.333 e. The highest BCUT2D eigenvalue weighted by Crippen LogP contribution is 2.62. The topological polar surface area (TPSA) is 16.3 Å². The molecule has 4 nitrogen and oxygen atoms in total. The lowest BCUT2D eigenvalue weighted by molar-refractivity contribution is 0.331. The molecule has 0 saturated heterocycles. The lowest BCUT2D eigenvalue weighted by atomic mass is 9.40. The maximum atomic E-state index is 2.85. The second-order valence-electron chi connectivity index (χ2n) is 38.6. The summed E-state index contributed by atoms with van der Waals surface area (Å²) in [5.41, 5.74) is 34.6. The fourth-order valence-electron chi connectivity index (χ4n) is 24.3. The number of anilines is 5. The molecule has 0 unspecified atom stereocenters. The molecular weight excluding hydrogens is 1450 g/mol. The van der Waals surface area contributed by atoms with Crippen LogP contribution in [0.4, 0.5) is 28.4 Å². The van der Waals surface area contributed by atoms with Gasteiger partial charge >= 0.3 is 13.7 Å². The van der Waals surface area contributed by atoms with E-state index in [1.165, 1.54) is 263 Å². The predicted octanol–water partition coefficient (Wildman–Crippen LogP) is 28.2. The van der Waals surface area contributed by atoms with Gasteiger partial charge in [-0.1, -0.05) is 245 Å². The number of para-hydroxylation sites is 2. The molecule has 16 aromatic carbocycles. The summed E-state index contributed by atoms with van der Waals surface area (Å²) in [4.78, 5) is 5.48. The van der Waals surface area contributed by atoms with Gasteiger partial charge in [0.1, 0.15) is 0 Å². The van der Waals surface area contributed by atoms with E-state index in [0.717, 1.165) is 12.8 Å². The van der Waals surface area contributed by atoms with Crippen LogP contribution in [-0.4, -0.2) is 22.7 Å². The quantitative estimate of drug-likeness (QED) is 0.164. The van der Waals surface area contributed by atoms with Crippen molar-refractivity contribution >= 4 is 214 Å². The Balaban J connectivity index is 0.705. The minimum Gasteiger partial charge on any atom is -0.376 e. The summed E-state index contributed by atoms with van der Waals surface area (Å²) in [6.07, 6.45) is 4.64. The van der Waals surface area contributed by atoms with Crippen LogP contribution >= 0.6 is 22.7 Å². The number of nitrogens with zero attached hydrogens (tertiary/aromatic N) is 4. The Morgan fingerprint density at radius 2 is 0.880 bits per heavy atom. The van der Waals surface area contributed by atoms with Crippen LogP contribution in [-0.2, 0) is 27.1 Å². The van der Waals surface area contributed by atoms with Crippen LogP contribution in [0.1, 0.15) is 128 Å². The molecule has 0 amide bonds. The highest BCUT2D eigenvalue weighted by Gasteiger charge is 2.56. The molecule has 0 saturated carbocycles. The molecule has 0 spiro atoms. The summed E-state index contributed by atoms with van der Waals surface area (Å²) >= 11 is 3.82. The Morgan fingerprint density at radius 1 is 0.308 bits per heavy atom. The summed E-state index contributed by atoms with van der Waals surface area (Å²) in [5, 5.41) is 20.6. The highest BCUT2D eigenvalue weighted by molar-refractivity contribution is 7.26. The van der Waals surface area contributed by atoms with Crippen molar-refractivity contribution in [2.24, 2.45) is 0 Å². The zero-order chi connectivity index (χ0) is 77.9. The first-order chi connectivity index (χ1) is 56.7. The van der Waals surface area contributed by atoms with Gasteiger partial charge in [-0.15, -0.1) is 22.7 Å². The Hall–Kier alpha value is -11.9. The highest BCUT2D eigenvalue weighted by atomic mass is 32.1. The van der Waals surface area contributed by atoms with Crippen molar-refractivity contribution < 1.29 is 0 Å². The van der Waals surface area contributed by atoms with Gasteiger partial charge in [-0.2, -0.15) is 0 Å². The number of rotatable bonds is 3. The molecule has 0 N–H and O–H groups in total. The van der Waals surface area contributed by atoms with Gasteiger partial charge < -0.3 is 18.8 Å². The van der Waals surface area contributed by atoms with E-state index in [9.17, 15) is 0 Å². The molecule has 8 heteroatoms. The van der Waals surface area contributed by atoms with Gasteiger partial charge in [0, 0.05) is 145 Å². The van der Waals surface area contributed by atoms with E-state index < -0.39 is 0 Å². The molecule has 7 aliphatic rings. The van der Waals surface area contributed by atoms with Crippen LogP contribution in [0.5, 0.6) is 0 Å². The number of aromatic nitrogens is 2. The van der Waals surface area contributed by atoms with Crippen LogP contribution < -0.4 is 26.2 Å². The fourth-order valence-corrected chi connectivity index (χ4v) is 26.5. The van der Waals surface area contributed by atoms with E-state index in [1.807, 2.05) is 22.7 Å². The van der Waals surface area contributed by atoms with Crippen LogP contribution in [0.3, 0.4) is 0 Å². The van der Waals surface area contributed by atoms with Gasteiger partial charge in [-0.3, -0.25) is 0 Å². The first kappa shape index (κ1) is 66.2. The molecule has 556 valence electrons. The average molecular weight is 1530 g/mol. The standard InChI is InChI=1S/C109H82B2N4S2/c1-105(2)45-46-106(3,4)84-54-66(38-42-82(84)105)113-90-52-64-34-33-61(50-77(64)96-76-30-20-29-75-95-67-23-13-11-21-59(67)37-43-88(95)114(101(75)76)111(98(90)96)104-103(113)81-55-85-86(57-83(81)109(104,9)10)108(7,8)48-47-107(85,5)6)60-35-40-69-63(49-60)36-41-74-72-27-19-28-73-80-51-62-22-12-14-24-68(62)102-97(80)110(115(99(69)74)100(72)73)87-58-94-79(71-26-16-18-32-92(71)117-94)56-89(87)112(102)65-39-44-93-78(53-65)70-25-15-17-31-91(70)116-93/h11-44,49-58H,45-48H2,1-10H3. The summed E-state index contributed by atoms with van der Waals surface area (Å²) in [5.74, 6) is 0. The Kier molecular flexibility index (Phi) is 12.5. The molecular formula is C109H82B2N4S2. The second-order valence-corrected chi connectivity index (χ2v) is 40.8. The maximum absolute atomic E-state index is 2.85. The first-order valence-corrected chi connectivity index (χ1v) is 44.1. The van der Waals surface area contributed by atoms with Crippen LogP contribution in [0, 0.1) is 0 Å². The number of benzene rings is 16. The predicted molar refractivity (Wildman–Crippen MR) is 506 cm³/mol. The molecule has 0 bridgehead atoms. The van der Waals surface area contributed by atoms with E-state index in [1.54, 1.807) is 0 Å². The van der Waals surface area contributed by atoms with Gasteiger partial charge in [0.05, 0.1) is 5.69 Å². The van der Waals surface area contributed by atoms with Crippen molar-refractivity contribution in [1.29, 1.82) is 0 Å². The van der Waals surface area contributed by atoms with Gasteiger partial charge in [0.15, 0.2) is 0 Å². The van der Waals surface area contributed by atoms with Gasteiger partial charge in [-0.25, -0.2) is 0 Å². The molecule has 4 aliphatic heterocycles. The lowest BCUT2D eigenvalue weighted by Crippen LogP contribution is -2.56. The van der Waals surface area contributed by atoms with Crippen LogP contribution in [0.15, 0.2) is 272 Å². The monoisotopic (exact) mass is 1530 g/mol. The third-order valence-electron chi connectivity index (χ3n) is 30.3. The van der Waals surface area contributed by atoms with E-state index >= 15 is 0 Å². The summed E-state index contributed by atoms with van der Waals surface area (Å²) < 4.78 is 10.9. The fraction of sp³-hybridized carbons (Fsp3) is 0.174. The van der Waals surface area contributed by atoms with Crippen molar-refractivity contribution in [2.45, 2.75) is 122 Å². The van der Waals surface area contributed by atoms with Gasteiger partial charge in [0.2, 0.25) is 0 Å². The van der Waals surface area contributed by atoms with Crippen molar-refractivity contribution in [3.05, 3.63) is 306 Å². The summed E-state index contributed by atoms with van der Waals surface area (Å²) in [7, 11) is 0. The van der Waals surface area contributed by atoms with Crippen molar-refractivity contribution in [3.8, 4) is 33.4 Å². The van der Waals surface area contributed by atoms with E-state index in [4.69, 9.17) is 0 Å².